The van der Waals surface area contributed by atoms with Crippen LogP contribution < -0.4 is 0 Å². The van der Waals surface area contributed by atoms with E-state index in [1.165, 1.54) is 6.92 Å². The number of rotatable bonds is 6. The fourth-order valence-corrected chi connectivity index (χ4v) is 2.17. The van der Waals surface area contributed by atoms with E-state index in [1.807, 2.05) is 60.7 Å². The van der Waals surface area contributed by atoms with Gasteiger partial charge in [-0.1, -0.05) is 60.7 Å². The second kappa shape index (κ2) is 7.17. The highest BCUT2D eigenvalue weighted by atomic mass is 19.1. The SMILES string of the molecule is CC(F)C(O)N(Cc1ccccc1)Cc1ccccc1. The zero-order chi connectivity index (χ0) is 14.4. The predicted octanol–water partition coefficient (Wildman–Crippen LogP) is 3.37. The van der Waals surface area contributed by atoms with E-state index >= 15 is 0 Å². The molecule has 0 radical (unpaired) electrons. The molecule has 0 heterocycles. The highest BCUT2D eigenvalue weighted by Crippen LogP contribution is 2.15. The Balaban J connectivity index is 2.12. The fraction of sp³-hybridized carbons (Fsp3) is 0.294. The highest BCUT2D eigenvalue weighted by Gasteiger charge is 2.22. The van der Waals surface area contributed by atoms with Crippen LogP contribution in [0.3, 0.4) is 0 Å². The number of aliphatic hydroxyl groups excluding tert-OH is 1. The molecule has 2 unspecified atom stereocenters. The molecule has 2 atom stereocenters. The summed E-state index contributed by atoms with van der Waals surface area (Å²) >= 11 is 0. The van der Waals surface area contributed by atoms with E-state index in [0.717, 1.165) is 11.1 Å². The molecule has 0 fully saturated rings. The van der Waals surface area contributed by atoms with Gasteiger partial charge in [0, 0.05) is 13.1 Å². The van der Waals surface area contributed by atoms with E-state index in [4.69, 9.17) is 0 Å². The van der Waals surface area contributed by atoms with E-state index in [2.05, 4.69) is 0 Å². The molecule has 0 saturated carbocycles. The minimum absolute atomic E-state index is 0.519. The van der Waals surface area contributed by atoms with Crippen LogP contribution in [0.25, 0.3) is 0 Å². The Morgan fingerprint density at radius 1 is 0.900 bits per heavy atom. The lowest BCUT2D eigenvalue weighted by atomic mass is 10.1. The predicted molar refractivity (Wildman–Crippen MR) is 78.7 cm³/mol. The van der Waals surface area contributed by atoms with Gasteiger partial charge in [0.2, 0.25) is 0 Å². The van der Waals surface area contributed by atoms with E-state index in [1.54, 1.807) is 4.90 Å². The molecule has 2 aromatic carbocycles. The van der Waals surface area contributed by atoms with Crippen molar-refractivity contribution < 1.29 is 9.50 Å². The summed E-state index contributed by atoms with van der Waals surface area (Å²) in [5.41, 5.74) is 2.12. The summed E-state index contributed by atoms with van der Waals surface area (Å²) in [4.78, 5) is 1.75. The highest BCUT2D eigenvalue weighted by molar-refractivity contribution is 5.17. The molecule has 0 aliphatic heterocycles. The molecule has 3 heteroatoms. The molecule has 0 saturated heterocycles. The lowest BCUT2D eigenvalue weighted by Crippen LogP contribution is -2.39. The van der Waals surface area contributed by atoms with Gasteiger partial charge in [-0.2, -0.15) is 0 Å². The number of alkyl halides is 1. The van der Waals surface area contributed by atoms with Crippen LogP contribution in [0.15, 0.2) is 60.7 Å². The Kier molecular flexibility index (Phi) is 5.27. The van der Waals surface area contributed by atoms with Gasteiger partial charge in [-0.05, 0) is 18.1 Å². The molecule has 0 bridgehead atoms. The molecule has 0 aliphatic carbocycles. The molecule has 1 N–H and O–H groups in total. The van der Waals surface area contributed by atoms with Crippen LogP contribution in [-0.4, -0.2) is 22.4 Å². The van der Waals surface area contributed by atoms with Gasteiger partial charge in [-0.15, -0.1) is 0 Å². The average Bonchev–Trinajstić information content (AvgIpc) is 2.48. The van der Waals surface area contributed by atoms with Crippen molar-refractivity contribution in [1.82, 2.24) is 4.90 Å². The number of halogens is 1. The minimum atomic E-state index is -1.29. The van der Waals surface area contributed by atoms with Crippen molar-refractivity contribution in [3.8, 4) is 0 Å². The summed E-state index contributed by atoms with van der Waals surface area (Å²) in [6.45, 7) is 2.42. The molecule has 20 heavy (non-hydrogen) atoms. The first-order valence-electron chi connectivity index (χ1n) is 6.81. The third-order valence-corrected chi connectivity index (χ3v) is 3.24. The monoisotopic (exact) mass is 273 g/mol. The first-order valence-corrected chi connectivity index (χ1v) is 6.81. The summed E-state index contributed by atoms with van der Waals surface area (Å²) in [5.74, 6) is 0. The summed E-state index contributed by atoms with van der Waals surface area (Å²) < 4.78 is 13.5. The Hall–Kier alpha value is -1.71. The molecular formula is C17H20FNO. The molecule has 106 valence electrons. The van der Waals surface area contributed by atoms with Crippen molar-refractivity contribution in [2.75, 3.05) is 0 Å². The molecule has 0 aromatic heterocycles. The van der Waals surface area contributed by atoms with E-state index in [0.29, 0.717) is 13.1 Å². The van der Waals surface area contributed by atoms with Crippen LogP contribution in [0.4, 0.5) is 4.39 Å². The summed E-state index contributed by atoms with van der Waals surface area (Å²) in [6.07, 6.45) is -2.39. The van der Waals surface area contributed by atoms with Crippen LogP contribution in [-0.2, 0) is 13.1 Å². The quantitative estimate of drug-likeness (QED) is 0.816. The number of benzene rings is 2. The van der Waals surface area contributed by atoms with Gasteiger partial charge in [0.25, 0.3) is 0 Å². The number of hydrogen-bond acceptors (Lipinski definition) is 2. The van der Waals surface area contributed by atoms with Gasteiger partial charge in [0.15, 0.2) is 0 Å². The zero-order valence-corrected chi connectivity index (χ0v) is 11.6. The maximum absolute atomic E-state index is 13.5. The van der Waals surface area contributed by atoms with Crippen molar-refractivity contribution in [3.63, 3.8) is 0 Å². The second-order valence-electron chi connectivity index (χ2n) is 4.97. The third kappa shape index (κ3) is 4.15. The molecule has 0 amide bonds. The van der Waals surface area contributed by atoms with Crippen molar-refractivity contribution in [2.24, 2.45) is 0 Å². The summed E-state index contributed by atoms with van der Waals surface area (Å²) in [7, 11) is 0. The van der Waals surface area contributed by atoms with Crippen LogP contribution in [0, 0.1) is 0 Å². The molecular weight excluding hydrogens is 253 g/mol. The largest absolute Gasteiger partial charge is 0.375 e. The van der Waals surface area contributed by atoms with Gasteiger partial charge in [-0.25, -0.2) is 4.39 Å². The molecule has 0 spiro atoms. The third-order valence-electron chi connectivity index (χ3n) is 3.24. The molecule has 0 aliphatic rings. The van der Waals surface area contributed by atoms with Crippen LogP contribution in [0.5, 0.6) is 0 Å². The van der Waals surface area contributed by atoms with Crippen molar-refractivity contribution in [1.29, 1.82) is 0 Å². The lowest BCUT2D eigenvalue weighted by Gasteiger charge is -2.29. The van der Waals surface area contributed by atoms with E-state index in [9.17, 15) is 9.50 Å². The number of hydrogen-bond donors (Lipinski definition) is 1. The number of nitrogens with zero attached hydrogens (tertiary/aromatic N) is 1. The average molecular weight is 273 g/mol. The van der Waals surface area contributed by atoms with Gasteiger partial charge in [0.05, 0.1) is 0 Å². The first-order chi connectivity index (χ1) is 9.66. The lowest BCUT2D eigenvalue weighted by molar-refractivity contribution is -0.0559. The van der Waals surface area contributed by atoms with Crippen LogP contribution in [0.1, 0.15) is 18.1 Å². The van der Waals surface area contributed by atoms with Gasteiger partial charge >= 0.3 is 0 Å². The smallest absolute Gasteiger partial charge is 0.139 e. The Morgan fingerprint density at radius 2 is 1.30 bits per heavy atom. The zero-order valence-electron chi connectivity index (χ0n) is 11.6. The van der Waals surface area contributed by atoms with Gasteiger partial charge < -0.3 is 5.11 Å². The number of aliphatic hydroxyl groups is 1. The Bertz CT molecular complexity index is 459. The fourth-order valence-electron chi connectivity index (χ4n) is 2.17. The van der Waals surface area contributed by atoms with Crippen LogP contribution >= 0.6 is 0 Å². The molecule has 2 nitrogen and oxygen atoms in total. The van der Waals surface area contributed by atoms with Gasteiger partial charge in [0.1, 0.15) is 12.4 Å². The van der Waals surface area contributed by atoms with Crippen molar-refractivity contribution in [3.05, 3.63) is 71.8 Å². The van der Waals surface area contributed by atoms with Crippen molar-refractivity contribution >= 4 is 0 Å². The first kappa shape index (κ1) is 14.7. The van der Waals surface area contributed by atoms with Crippen LogP contribution in [0.2, 0.25) is 0 Å². The Morgan fingerprint density at radius 3 is 1.65 bits per heavy atom. The van der Waals surface area contributed by atoms with E-state index < -0.39 is 12.4 Å². The van der Waals surface area contributed by atoms with E-state index in [-0.39, 0.29) is 0 Å². The second-order valence-corrected chi connectivity index (χ2v) is 4.97. The summed E-state index contributed by atoms with van der Waals surface area (Å²) in [5, 5.41) is 10.1. The Labute approximate surface area is 119 Å². The topological polar surface area (TPSA) is 23.5 Å². The minimum Gasteiger partial charge on any atom is -0.375 e. The van der Waals surface area contributed by atoms with Crippen molar-refractivity contribution in [2.45, 2.75) is 32.4 Å². The molecule has 2 aromatic rings. The maximum atomic E-state index is 13.5. The molecule has 2 rings (SSSR count). The summed E-state index contributed by atoms with van der Waals surface area (Å²) in [6, 6.07) is 19.6. The van der Waals surface area contributed by atoms with Gasteiger partial charge in [-0.3, -0.25) is 4.90 Å². The maximum Gasteiger partial charge on any atom is 0.139 e. The normalized spacial score (nSPS) is 14.2. The standard InChI is InChI=1S/C17H20FNO/c1-14(18)17(20)19(12-15-8-4-2-5-9-15)13-16-10-6-3-7-11-16/h2-11,14,17,20H,12-13H2,1H3.